The molecule has 12 heteroatoms. The second-order valence-electron chi connectivity index (χ2n) is 10.3. The molecule has 1 atom stereocenters. The number of nitrogens with zero attached hydrogens (tertiary/aromatic N) is 7. The van der Waals surface area contributed by atoms with Crippen LogP contribution in [-0.4, -0.2) is 40.2 Å². The molecule has 3 N–H and O–H groups in total. The van der Waals surface area contributed by atoms with Crippen LogP contribution >= 0.6 is 0 Å². The average molecular weight is 578 g/mol. The zero-order chi connectivity index (χ0) is 29.7. The van der Waals surface area contributed by atoms with Gasteiger partial charge in [0.2, 0.25) is 0 Å². The largest absolute Gasteiger partial charge is 0.383 e. The van der Waals surface area contributed by atoms with E-state index < -0.39 is 6.43 Å². The number of halogens is 2. The molecule has 43 heavy (non-hydrogen) atoms. The van der Waals surface area contributed by atoms with Crippen LogP contribution in [0.15, 0.2) is 79.4 Å². The SMILES string of the molecule is Cc1ncccc1C(=O)N[C@H]1CCc2cc(-n3c(-c4cccnc4N)nc4c(C(F)F)cc(-n5cccn5)nc43)ccc21. The third-order valence-electron chi connectivity index (χ3n) is 7.70. The number of aromatic nitrogens is 7. The third kappa shape index (κ3) is 4.56. The molecule has 0 aliphatic heterocycles. The Morgan fingerprint density at radius 2 is 1.88 bits per heavy atom. The number of pyridine rings is 3. The van der Waals surface area contributed by atoms with Gasteiger partial charge in [-0.15, -0.1) is 0 Å². The van der Waals surface area contributed by atoms with E-state index in [1.807, 2.05) is 18.2 Å². The predicted molar refractivity (Wildman–Crippen MR) is 156 cm³/mol. The number of carbonyl (C=O) groups is 1. The lowest BCUT2D eigenvalue weighted by Crippen LogP contribution is -2.27. The maximum atomic E-state index is 14.4. The lowest BCUT2D eigenvalue weighted by Gasteiger charge is -2.16. The molecular weight excluding hydrogens is 552 g/mol. The second kappa shape index (κ2) is 10.4. The van der Waals surface area contributed by atoms with E-state index in [0.29, 0.717) is 41.2 Å². The predicted octanol–water partition coefficient (Wildman–Crippen LogP) is 5.31. The van der Waals surface area contributed by atoms with Gasteiger partial charge in [-0.2, -0.15) is 5.10 Å². The Balaban J connectivity index is 1.37. The van der Waals surface area contributed by atoms with Gasteiger partial charge in [-0.05, 0) is 79.4 Å². The number of alkyl halides is 2. The third-order valence-corrected chi connectivity index (χ3v) is 7.70. The minimum atomic E-state index is -2.81. The Bertz CT molecular complexity index is 2000. The standard InChI is InChI=1S/C31H25F2N9O/c1-17-20(5-2-11-35-17)31(43)38-24-10-7-18-15-19(8-9-21(18)24)42-29(22-6-3-12-36-28(22)34)40-26-23(27(32)33)16-25(39-30(26)42)41-14-4-13-37-41/h2-6,8-9,11-16,24,27H,7,10H2,1H3,(H2,34,36)(H,38,43)/t24-/m0/s1. The topological polar surface area (TPSA) is 129 Å². The molecule has 6 aromatic rings. The van der Waals surface area contributed by atoms with Crippen LogP contribution in [0.25, 0.3) is 34.1 Å². The maximum absolute atomic E-state index is 14.4. The molecule has 10 nitrogen and oxygen atoms in total. The van der Waals surface area contributed by atoms with Crippen molar-refractivity contribution in [2.75, 3.05) is 5.73 Å². The van der Waals surface area contributed by atoms with Crippen molar-refractivity contribution < 1.29 is 13.6 Å². The zero-order valence-electron chi connectivity index (χ0n) is 22.9. The summed E-state index contributed by atoms with van der Waals surface area (Å²) in [6.45, 7) is 1.80. The molecule has 0 bridgehead atoms. The average Bonchev–Trinajstić information content (AvgIpc) is 3.76. The first kappa shape index (κ1) is 26.4. The quantitative estimate of drug-likeness (QED) is 0.275. The molecule has 1 amide bonds. The Morgan fingerprint density at radius 1 is 1.05 bits per heavy atom. The minimum absolute atomic E-state index is 0.0571. The molecule has 1 aliphatic carbocycles. The normalized spacial score (nSPS) is 14.4. The molecule has 0 saturated heterocycles. The molecule has 214 valence electrons. The Kier molecular flexibility index (Phi) is 6.38. The van der Waals surface area contributed by atoms with Gasteiger partial charge in [-0.3, -0.25) is 14.3 Å². The van der Waals surface area contributed by atoms with Gasteiger partial charge < -0.3 is 11.1 Å². The number of nitrogen functional groups attached to an aromatic ring is 1. The molecule has 0 unspecified atom stereocenters. The van der Waals surface area contributed by atoms with Gasteiger partial charge in [0, 0.05) is 36.2 Å². The summed E-state index contributed by atoms with van der Waals surface area (Å²) in [5.41, 5.74) is 10.6. The summed E-state index contributed by atoms with van der Waals surface area (Å²) < 4.78 is 32.0. The van der Waals surface area contributed by atoms with Crippen LogP contribution < -0.4 is 11.1 Å². The molecule has 0 spiro atoms. The van der Waals surface area contributed by atoms with Gasteiger partial charge in [-0.25, -0.2) is 28.4 Å². The van der Waals surface area contributed by atoms with Crippen LogP contribution in [0.4, 0.5) is 14.6 Å². The van der Waals surface area contributed by atoms with E-state index in [1.54, 1.807) is 66.6 Å². The Labute approximate surface area is 244 Å². The van der Waals surface area contributed by atoms with E-state index in [9.17, 15) is 13.6 Å². The van der Waals surface area contributed by atoms with Crippen LogP contribution in [0.2, 0.25) is 0 Å². The maximum Gasteiger partial charge on any atom is 0.266 e. The fourth-order valence-electron chi connectivity index (χ4n) is 5.63. The van der Waals surface area contributed by atoms with Crippen molar-refractivity contribution in [3.8, 4) is 22.9 Å². The number of anilines is 1. The number of nitrogens with one attached hydrogen (secondary N) is 1. The molecule has 1 aliphatic rings. The first-order chi connectivity index (χ1) is 20.9. The molecule has 0 saturated carbocycles. The Morgan fingerprint density at radius 3 is 2.65 bits per heavy atom. The summed E-state index contributed by atoms with van der Waals surface area (Å²) in [6, 6.07) is 15.6. The van der Waals surface area contributed by atoms with Gasteiger partial charge in [0.15, 0.2) is 17.3 Å². The van der Waals surface area contributed by atoms with Crippen molar-refractivity contribution >= 4 is 22.9 Å². The van der Waals surface area contributed by atoms with Crippen LogP contribution in [0.5, 0.6) is 0 Å². The van der Waals surface area contributed by atoms with Crippen LogP contribution in [0.3, 0.4) is 0 Å². The fourth-order valence-corrected chi connectivity index (χ4v) is 5.63. The first-order valence-corrected chi connectivity index (χ1v) is 13.7. The van der Waals surface area contributed by atoms with E-state index in [-0.39, 0.29) is 40.3 Å². The number of benzene rings is 1. The van der Waals surface area contributed by atoms with Crippen molar-refractivity contribution in [2.45, 2.75) is 32.2 Å². The summed E-state index contributed by atoms with van der Waals surface area (Å²) in [7, 11) is 0. The molecule has 1 aromatic carbocycles. The molecule has 5 aromatic heterocycles. The number of carbonyl (C=O) groups excluding carboxylic acids is 1. The van der Waals surface area contributed by atoms with E-state index in [1.165, 1.54) is 10.7 Å². The Hall–Kier alpha value is -5.52. The van der Waals surface area contributed by atoms with Gasteiger partial charge in [-0.1, -0.05) is 6.07 Å². The number of aryl methyl sites for hydroxylation is 2. The lowest BCUT2D eigenvalue weighted by atomic mass is 10.1. The second-order valence-corrected chi connectivity index (χ2v) is 10.3. The smallest absolute Gasteiger partial charge is 0.266 e. The number of nitrogens with two attached hydrogens (primary N) is 1. The van der Waals surface area contributed by atoms with E-state index >= 15 is 0 Å². The summed E-state index contributed by atoms with van der Waals surface area (Å²) in [5, 5.41) is 7.33. The zero-order valence-corrected chi connectivity index (χ0v) is 22.9. The number of imidazole rings is 1. The number of fused-ring (bicyclic) bond motifs is 2. The molecule has 7 rings (SSSR count). The summed E-state index contributed by atoms with van der Waals surface area (Å²) >= 11 is 0. The fraction of sp³-hybridized carbons (Fsp3) is 0.161. The van der Waals surface area contributed by atoms with Crippen molar-refractivity contribution in [3.63, 3.8) is 0 Å². The highest BCUT2D eigenvalue weighted by Gasteiger charge is 2.28. The molecular formula is C31H25F2N9O. The highest BCUT2D eigenvalue weighted by Crippen LogP contribution is 2.38. The first-order valence-electron chi connectivity index (χ1n) is 13.7. The van der Waals surface area contributed by atoms with E-state index in [4.69, 9.17) is 10.7 Å². The van der Waals surface area contributed by atoms with Gasteiger partial charge in [0.1, 0.15) is 11.3 Å². The van der Waals surface area contributed by atoms with Crippen molar-refractivity contribution in [1.82, 2.24) is 39.6 Å². The highest BCUT2D eigenvalue weighted by molar-refractivity contribution is 5.95. The van der Waals surface area contributed by atoms with Crippen molar-refractivity contribution in [2.24, 2.45) is 0 Å². The summed E-state index contributed by atoms with van der Waals surface area (Å²) in [5.74, 6) is 0.591. The minimum Gasteiger partial charge on any atom is -0.383 e. The van der Waals surface area contributed by atoms with Crippen LogP contribution in [-0.2, 0) is 6.42 Å². The van der Waals surface area contributed by atoms with E-state index in [2.05, 4.69) is 25.4 Å². The number of rotatable bonds is 6. The van der Waals surface area contributed by atoms with E-state index in [0.717, 1.165) is 11.1 Å². The summed E-state index contributed by atoms with van der Waals surface area (Å²) in [4.78, 5) is 30.9. The van der Waals surface area contributed by atoms with Crippen molar-refractivity contribution in [3.05, 3.63) is 107 Å². The number of amides is 1. The molecule has 0 fully saturated rings. The van der Waals surface area contributed by atoms with Crippen LogP contribution in [0.1, 0.15) is 51.6 Å². The number of hydrogen-bond acceptors (Lipinski definition) is 7. The van der Waals surface area contributed by atoms with Gasteiger partial charge in [0.25, 0.3) is 12.3 Å². The summed E-state index contributed by atoms with van der Waals surface area (Å²) in [6.07, 6.45) is 5.03. The lowest BCUT2D eigenvalue weighted by molar-refractivity contribution is 0.0935. The van der Waals surface area contributed by atoms with Crippen LogP contribution in [0, 0.1) is 6.92 Å². The number of hydrogen-bond donors (Lipinski definition) is 2. The van der Waals surface area contributed by atoms with Gasteiger partial charge in [0.05, 0.1) is 22.7 Å². The highest BCUT2D eigenvalue weighted by atomic mass is 19.3. The molecule has 0 radical (unpaired) electrons. The van der Waals surface area contributed by atoms with Gasteiger partial charge >= 0.3 is 0 Å². The van der Waals surface area contributed by atoms with Crippen molar-refractivity contribution in [1.29, 1.82) is 0 Å². The monoisotopic (exact) mass is 577 g/mol. The molecule has 5 heterocycles.